The van der Waals surface area contributed by atoms with Crippen LogP contribution in [0.15, 0.2) is 48.5 Å². The summed E-state index contributed by atoms with van der Waals surface area (Å²) in [6, 6.07) is 13.2. The summed E-state index contributed by atoms with van der Waals surface area (Å²) in [7, 11) is 1.80. The number of hydrogen-bond acceptors (Lipinski definition) is 5. The van der Waals surface area contributed by atoms with Crippen molar-refractivity contribution in [2.45, 2.75) is 25.4 Å². The van der Waals surface area contributed by atoms with Crippen molar-refractivity contribution in [2.24, 2.45) is 0 Å². The van der Waals surface area contributed by atoms with Crippen molar-refractivity contribution >= 4 is 41.2 Å². The predicted octanol–water partition coefficient (Wildman–Crippen LogP) is 0.849. The number of allylic oxidation sites excluding steroid dienone is 1. The average molecular weight is 502 g/mol. The fourth-order valence-electron chi connectivity index (χ4n) is 3.36. The monoisotopic (exact) mass is 501 g/mol. The Labute approximate surface area is 226 Å². The van der Waals surface area contributed by atoms with Crippen LogP contribution < -0.4 is 40.0 Å². The Bertz CT molecular complexity index is 924. The van der Waals surface area contributed by atoms with Crippen LogP contribution in [0.25, 0.3) is 6.08 Å². The van der Waals surface area contributed by atoms with Gasteiger partial charge in [-0.25, -0.2) is 0 Å². The van der Waals surface area contributed by atoms with Crippen molar-refractivity contribution in [3.05, 3.63) is 75.3 Å². The van der Waals surface area contributed by atoms with E-state index in [1.807, 2.05) is 6.92 Å². The van der Waals surface area contributed by atoms with Crippen LogP contribution in [0.1, 0.15) is 41.3 Å². The first kappa shape index (κ1) is 29.7. The van der Waals surface area contributed by atoms with Gasteiger partial charge in [-0.05, 0) is 30.2 Å². The molecular weight excluding hydrogens is 476 g/mol. The second kappa shape index (κ2) is 14.8. The number of halogens is 2. The summed E-state index contributed by atoms with van der Waals surface area (Å²) < 4.78 is 11.2. The standard InChI is InChI=1S/C15H20O2.C9H7Cl2NO3.Na/c1-3-4-13-5-7-14(8-6-13)15(16-2)9-11-17-12-10-15;10-5-2-1-3-6(11)8(5)9(15)12-4-7(13)14;/h3-8H,9-12H2,1-2H3;1-3H,4H2,(H,12,15)(H,13,14);/q;;+1/p-1/b4-3+;;. The number of methoxy groups -OCH3 is 1. The molecule has 1 aliphatic rings. The van der Waals surface area contributed by atoms with E-state index in [0.717, 1.165) is 26.1 Å². The van der Waals surface area contributed by atoms with Gasteiger partial charge in [-0.3, -0.25) is 4.79 Å². The summed E-state index contributed by atoms with van der Waals surface area (Å²) in [4.78, 5) is 21.5. The van der Waals surface area contributed by atoms with Crippen LogP contribution in [0.5, 0.6) is 0 Å². The van der Waals surface area contributed by atoms with Crippen molar-refractivity contribution < 1.29 is 53.7 Å². The Morgan fingerprint density at radius 1 is 1.12 bits per heavy atom. The molecule has 0 aromatic heterocycles. The molecule has 0 atom stereocenters. The molecule has 2 aromatic carbocycles. The minimum absolute atomic E-state index is 0. The Morgan fingerprint density at radius 2 is 1.70 bits per heavy atom. The fourth-order valence-corrected chi connectivity index (χ4v) is 3.93. The number of rotatable bonds is 6. The molecular formula is C24H26Cl2NNaO5. The molecule has 0 saturated carbocycles. The third kappa shape index (κ3) is 8.72. The number of carbonyl (C=O) groups is 2. The van der Waals surface area contributed by atoms with Crippen molar-refractivity contribution in [3.8, 4) is 0 Å². The second-order valence-corrected chi connectivity index (χ2v) is 7.90. The maximum atomic E-state index is 11.4. The summed E-state index contributed by atoms with van der Waals surface area (Å²) >= 11 is 11.5. The van der Waals surface area contributed by atoms with E-state index in [4.69, 9.17) is 32.7 Å². The van der Waals surface area contributed by atoms with Crippen LogP contribution in [0, 0.1) is 0 Å². The second-order valence-electron chi connectivity index (χ2n) is 7.08. The third-order valence-electron chi connectivity index (χ3n) is 5.07. The number of carbonyl (C=O) groups excluding carboxylic acids is 2. The van der Waals surface area contributed by atoms with Crippen LogP contribution in [0.4, 0.5) is 0 Å². The molecule has 33 heavy (non-hydrogen) atoms. The molecule has 1 amide bonds. The van der Waals surface area contributed by atoms with E-state index >= 15 is 0 Å². The number of amides is 1. The Hall–Kier alpha value is -1.38. The van der Waals surface area contributed by atoms with Gasteiger partial charge in [0.25, 0.3) is 5.91 Å². The van der Waals surface area contributed by atoms with Crippen molar-refractivity contribution in [1.29, 1.82) is 0 Å². The van der Waals surface area contributed by atoms with Gasteiger partial charge in [0.1, 0.15) is 0 Å². The molecule has 1 heterocycles. The minimum atomic E-state index is -1.38. The molecule has 0 bridgehead atoms. The molecule has 0 radical (unpaired) electrons. The number of benzene rings is 2. The maximum absolute atomic E-state index is 11.4. The first-order valence-electron chi connectivity index (χ1n) is 10.1. The van der Waals surface area contributed by atoms with E-state index in [-0.39, 0.29) is 50.8 Å². The van der Waals surface area contributed by atoms with Gasteiger partial charge in [0, 0.05) is 33.2 Å². The summed E-state index contributed by atoms with van der Waals surface area (Å²) in [5.41, 5.74) is 2.40. The largest absolute Gasteiger partial charge is 1.00 e. The smallest absolute Gasteiger partial charge is 0.548 e. The number of carboxylic acids is 1. The van der Waals surface area contributed by atoms with Crippen molar-refractivity contribution in [2.75, 3.05) is 26.9 Å². The van der Waals surface area contributed by atoms with Crippen LogP contribution in [-0.4, -0.2) is 38.7 Å². The molecule has 9 heteroatoms. The Kier molecular flexibility index (Phi) is 13.3. The maximum Gasteiger partial charge on any atom is 1.00 e. The zero-order chi connectivity index (χ0) is 23.6. The number of aliphatic carboxylic acids is 1. The van der Waals surface area contributed by atoms with Gasteiger partial charge in [-0.15, -0.1) is 0 Å². The van der Waals surface area contributed by atoms with Crippen LogP contribution >= 0.6 is 23.2 Å². The van der Waals surface area contributed by atoms with Gasteiger partial charge in [0.05, 0.1) is 33.7 Å². The predicted molar refractivity (Wildman–Crippen MR) is 124 cm³/mol. The van der Waals surface area contributed by atoms with Gasteiger partial charge in [0.2, 0.25) is 0 Å². The number of ether oxygens (including phenoxy) is 2. The van der Waals surface area contributed by atoms with Crippen molar-refractivity contribution in [1.82, 2.24) is 5.32 Å². The summed E-state index contributed by atoms with van der Waals surface area (Å²) in [6.07, 6.45) is 6.03. The molecule has 6 nitrogen and oxygen atoms in total. The Morgan fingerprint density at radius 3 is 2.18 bits per heavy atom. The van der Waals surface area contributed by atoms with Crippen LogP contribution in [0.2, 0.25) is 10.0 Å². The third-order valence-corrected chi connectivity index (χ3v) is 5.70. The van der Waals surface area contributed by atoms with E-state index in [1.54, 1.807) is 13.2 Å². The number of hydrogen-bond donors (Lipinski definition) is 1. The van der Waals surface area contributed by atoms with E-state index in [2.05, 4.69) is 41.7 Å². The van der Waals surface area contributed by atoms with E-state index in [1.165, 1.54) is 23.3 Å². The van der Waals surface area contributed by atoms with E-state index < -0.39 is 18.4 Å². The van der Waals surface area contributed by atoms with E-state index in [9.17, 15) is 14.7 Å². The molecule has 0 aliphatic carbocycles. The van der Waals surface area contributed by atoms with Gasteiger partial charge >= 0.3 is 29.6 Å². The zero-order valence-electron chi connectivity index (χ0n) is 19.0. The normalized spacial score (nSPS) is 14.5. The van der Waals surface area contributed by atoms with Crippen molar-refractivity contribution in [3.63, 3.8) is 0 Å². The minimum Gasteiger partial charge on any atom is -0.548 e. The quantitative estimate of drug-likeness (QED) is 0.592. The average Bonchev–Trinajstić information content (AvgIpc) is 2.79. The molecule has 172 valence electrons. The first-order valence-corrected chi connectivity index (χ1v) is 10.9. The van der Waals surface area contributed by atoms with Gasteiger partial charge in [0.15, 0.2) is 0 Å². The molecule has 0 unspecified atom stereocenters. The number of carboxylic acid groups (broad SMARTS) is 1. The zero-order valence-corrected chi connectivity index (χ0v) is 22.5. The van der Waals surface area contributed by atoms with Gasteiger partial charge in [-0.2, -0.15) is 0 Å². The summed E-state index contributed by atoms with van der Waals surface area (Å²) in [6.45, 7) is 3.01. The molecule has 2 aromatic rings. The molecule has 1 saturated heterocycles. The molecule has 0 spiro atoms. The van der Waals surface area contributed by atoms with Gasteiger partial charge < -0.3 is 24.7 Å². The number of nitrogens with one attached hydrogen (secondary N) is 1. The van der Waals surface area contributed by atoms with Crippen LogP contribution in [-0.2, 0) is 19.9 Å². The first-order chi connectivity index (χ1) is 15.3. The summed E-state index contributed by atoms with van der Waals surface area (Å²) in [5, 5.41) is 12.6. The fraction of sp³-hybridized carbons (Fsp3) is 0.333. The van der Waals surface area contributed by atoms with E-state index in [0.29, 0.717) is 0 Å². The van der Waals surface area contributed by atoms with Crippen LogP contribution in [0.3, 0.4) is 0 Å². The molecule has 1 N–H and O–H groups in total. The molecule has 1 fully saturated rings. The SMILES string of the molecule is C/C=C/c1ccc(C2(OC)CCOCC2)cc1.O=C([O-])CNC(=O)c1c(Cl)cccc1Cl.[Na+]. The summed E-state index contributed by atoms with van der Waals surface area (Å²) in [5.74, 6) is -2.03. The Balaban J connectivity index is 0.000000323. The molecule has 3 rings (SSSR count). The topological polar surface area (TPSA) is 87.7 Å². The molecule has 1 aliphatic heterocycles. The van der Waals surface area contributed by atoms with Gasteiger partial charge in [-0.1, -0.05) is 65.7 Å².